The van der Waals surface area contributed by atoms with Gasteiger partial charge >= 0.3 is 0 Å². The van der Waals surface area contributed by atoms with Gasteiger partial charge in [0, 0.05) is 11.3 Å². The van der Waals surface area contributed by atoms with E-state index in [0.717, 1.165) is 21.1 Å². The number of ether oxygens (including phenoxy) is 1. The van der Waals surface area contributed by atoms with E-state index in [9.17, 15) is 4.79 Å². The smallest absolute Gasteiger partial charge is 0.262 e. The van der Waals surface area contributed by atoms with E-state index in [1.807, 2.05) is 54.6 Å². The maximum atomic E-state index is 12.1. The van der Waals surface area contributed by atoms with Gasteiger partial charge in [0.2, 0.25) is 5.89 Å². The van der Waals surface area contributed by atoms with E-state index in [-0.39, 0.29) is 12.5 Å². The largest absolute Gasteiger partial charge is 0.483 e. The molecule has 0 aliphatic rings. The molecule has 134 valence electrons. The summed E-state index contributed by atoms with van der Waals surface area (Å²) in [6.07, 6.45) is 0. The molecule has 0 aliphatic carbocycles. The lowest BCUT2D eigenvalue weighted by Gasteiger charge is -2.09. The van der Waals surface area contributed by atoms with Gasteiger partial charge in [0.05, 0.1) is 4.47 Å². The number of amides is 1. The summed E-state index contributed by atoms with van der Waals surface area (Å²) in [5.41, 5.74) is 3.08. The molecule has 3 aromatic carbocycles. The summed E-state index contributed by atoms with van der Waals surface area (Å²) in [5.74, 6) is 0.936. The third-order valence-corrected chi connectivity index (χ3v) is 4.56. The van der Waals surface area contributed by atoms with Crippen LogP contribution in [0.1, 0.15) is 0 Å². The lowest BCUT2D eigenvalue weighted by Crippen LogP contribution is -2.20. The quantitative estimate of drug-likeness (QED) is 0.475. The van der Waals surface area contributed by atoms with Crippen molar-refractivity contribution in [2.45, 2.75) is 0 Å². The number of anilines is 1. The van der Waals surface area contributed by atoms with Crippen LogP contribution in [0.25, 0.3) is 22.6 Å². The number of benzene rings is 3. The van der Waals surface area contributed by atoms with Crippen molar-refractivity contribution in [2.75, 3.05) is 11.9 Å². The van der Waals surface area contributed by atoms with E-state index in [1.54, 1.807) is 18.2 Å². The highest BCUT2D eigenvalue weighted by Crippen LogP contribution is 2.26. The van der Waals surface area contributed by atoms with Crippen LogP contribution in [0.3, 0.4) is 0 Å². The first-order chi connectivity index (χ1) is 13.2. The van der Waals surface area contributed by atoms with Gasteiger partial charge in [-0.15, -0.1) is 0 Å². The second-order valence-corrected chi connectivity index (χ2v) is 6.69. The van der Waals surface area contributed by atoms with Crippen LogP contribution in [0.2, 0.25) is 0 Å². The van der Waals surface area contributed by atoms with Crippen LogP contribution in [-0.2, 0) is 4.79 Å². The molecular formula is C21H15BrN2O3. The Morgan fingerprint density at radius 2 is 1.74 bits per heavy atom. The van der Waals surface area contributed by atoms with Crippen molar-refractivity contribution in [3.63, 3.8) is 0 Å². The molecule has 0 aliphatic heterocycles. The highest BCUT2D eigenvalue weighted by molar-refractivity contribution is 9.10. The molecule has 0 saturated heterocycles. The van der Waals surface area contributed by atoms with E-state index in [4.69, 9.17) is 9.15 Å². The summed E-state index contributed by atoms with van der Waals surface area (Å²) in [6, 6.07) is 22.3. The zero-order chi connectivity index (χ0) is 18.6. The van der Waals surface area contributed by atoms with Crippen molar-refractivity contribution in [3.05, 3.63) is 77.3 Å². The fourth-order valence-corrected chi connectivity index (χ4v) is 2.99. The molecule has 5 nitrogen and oxygen atoms in total. The van der Waals surface area contributed by atoms with Gasteiger partial charge in [-0.05, 0) is 64.5 Å². The standard InChI is InChI=1S/C21H15BrN2O3/c22-16-5-1-3-7-18(16)26-13-20(25)23-15-11-9-14(10-12-15)21-24-17-6-2-4-8-19(17)27-21/h1-12H,13H2,(H,23,25). The Morgan fingerprint density at radius 1 is 1.00 bits per heavy atom. The first kappa shape index (κ1) is 17.3. The molecule has 0 radical (unpaired) electrons. The highest BCUT2D eigenvalue weighted by atomic mass is 79.9. The number of carbonyl (C=O) groups excluding carboxylic acids is 1. The average Bonchev–Trinajstić information content (AvgIpc) is 3.12. The summed E-state index contributed by atoms with van der Waals surface area (Å²) in [4.78, 5) is 16.6. The molecule has 1 aromatic heterocycles. The summed E-state index contributed by atoms with van der Waals surface area (Å²) >= 11 is 3.38. The lowest BCUT2D eigenvalue weighted by molar-refractivity contribution is -0.118. The SMILES string of the molecule is O=C(COc1ccccc1Br)Nc1ccc(-c2nc3ccccc3o2)cc1. The van der Waals surface area contributed by atoms with Gasteiger partial charge in [0.15, 0.2) is 12.2 Å². The number of hydrogen-bond acceptors (Lipinski definition) is 4. The Kier molecular flexibility index (Phi) is 4.89. The summed E-state index contributed by atoms with van der Waals surface area (Å²) in [7, 11) is 0. The fourth-order valence-electron chi connectivity index (χ4n) is 2.59. The zero-order valence-corrected chi connectivity index (χ0v) is 15.8. The van der Waals surface area contributed by atoms with E-state index in [1.165, 1.54) is 0 Å². The molecule has 1 amide bonds. The topological polar surface area (TPSA) is 64.4 Å². The zero-order valence-electron chi connectivity index (χ0n) is 14.2. The van der Waals surface area contributed by atoms with E-state index >= 15 is 0 Å². The minimum Gasteiger partial charge on any atom is -0.483 e. The first-order valence-electron chi connectivity index (χ1n) is 8.32. The first-order valence-corrected chi connectivity index (χ1v) is 9.11. The molecule has 6 heteroatoms. The summed E-state index contributed by atoms with van der Waals surface area (Å²) in [6.45, 7) is -0.0739. The molecule has 0 unspecified atom stereocenters. The van der Waals surface area contributed by atoms with Gasteiger partial charge in [-0.1, -0.05) is 24.3 Å². The third kappa shape index (κ3) is 4.01. The van der Waals surface area contributed by atoms with Crippen LogP contribution in [-0.4, -0.2) is 17.5 Å². The normalized spacial score (nSPS) is 10.7. The second-order valence-electron chi connectivity index (χ2n) is 5.83. The molecule has 4 aromatic rings. The molecule has 0 saturated carbocycles. The molecule has 1 N–H and O–H groups in total. The van der Waals surface area contributed by atoms with Crippen LogP contribution in [0, 0.1) is 0 Å². The Hall–Kier alpha value is -3.12. The van der Waals surface area contributed by atoms with Crippen molar-refractivity contribution in [2.24, 2.45) is 0 Å². The molecular weight excluding hydrogens is 408 g/mol. The van der Waals surface area contributed by atoms with E-state index in [0.29, 0.717) is 17.3 Å². The molecule has 0 bridgehead atoms. The van der Waals surface area contributed by atoms with Crippen LogP contribution >= 0.6 is 15.9 Å². The van der Waals surface area contributed by atoms with Crippen molar-refractivity contribution >= 4 is 38.6 Å². The maximum absolute atomic E-state index is 12.1. The van der Waals surface area contributed by atoms with Gasteiger partial charge < -0.3 is 14.5 Å². The Labute approximate surface area is 164 Å². The Balaban J connectivity index is 1.40. The number of hydrogen-bond donors (Lipinski definition) is 1. The number of carbonyl (C=O) groups is 1. The van der Waals surface area contributed by atoms with Crippen LogP contribution in [0.5, 0.6) is 5.75 Å². The molecule has 0 fully saturated rings. The number of nitrogens with zero attached hydrogens (tertiary/aromatic N) is 1. The number of para-hydroxylation sites is 3. The predicted octanol–water partition coefficient (Wildman–Crippen LogP) is 5.27. The molecule has 1 heterocycles. The van der Waals surface area contributed by atoms with Gasteiger partial charge in [0.1, 0.15) is 11.3 Å². The van der Waals surface area contributed by atoms with E-state index in [2.05, 4.69) is 26.2 Å². The summed E-state index contributed by atoms with van der Waals surface area (Å²) in [5, 5.41) is 2.81. The number of fused-ring (bicyclic) bond motifs is 1. The van der Waals surface area contributed by atoms with Gasteiger partial charge in [-0.3, -0.25) is 4.79 Å². The van der Waals surface area contributed by atoms with Crippen molar-refractivity contribution in [1.82, 2.24) is 4.98 Å². The average molecular weight is 423 g/mol. The van der Waals surface area contributed by atoms with Gasteiger partial charge in [0.25, 0.3) is 5.91 Å². The third-order valence-electron chi connectivity index (χ3n) is 3.90. The Bertz CT molecular complexity index is 1060. The second kappa shape index (κ2) is 7.63. The monoisotopic (exact) mass is 422 g/mol. The minimum atomic E-state index is -0.236. The summed E-state index contributed by atoms with van der Waals surface area (Å²) < 4.78 is 12.1. The van der Waals surface area contributed by atoms with Crippen LogP contribution in [0.15, 0.2) is 81.7 Å². The van der Waals surface area contributed by atoms with Crippen molar-refractivity contribution in [3.8, 4) is 17.2 Å². The molecule has 4 rings (SSSR count). The van der Waals surface area contributed by atoms with Crippen LogP contribution in [0.4, 0.5) is 5.69 Å². The molecule has 0 atom stereocenters. The maximum Gasteiger partial charge on any atom is 0.262 e. The number of halogens is 1. The molecule has 0 spiro atoms. The lowest BCUT2D eigenvalue weighted by atomic mass is 10.2. The van der Waals surface area contributed by atoms with Gasteiger partial charge in [-0.25, -0.2) is 4.98 Å². The number of aromatic nitrogens is 1. The predicted molar refractivity (Wildman–Crippen MR) is 108 cm³/mol. The van der Waals surface area contributed by atoms with Crippen LogP contribution < -0.4 is 10.1 Å². The van der Waals surface area contributed by atoms with Crippen molar-refractivity contribution < 1.29 is 13.9 Å². The number of rotatable bonds is 5. The minimum absolute atomic E-state index is 0.0739. The van der Waals surface area contributed by atoms with Crippen molar-refractivity contribution in [1.29, 1.82) is 0 Å². The fraction of sp³-hybridized carbons (Fsp3) is 0.0476. The number of nitrogens with one attached hydrogen (secondary N) is 1. The van der Waals surface area contributed by atoms with Gasteiger partial charge in [-0.2, -0.15) is 0 Å². The Morgan fingerprint density at radius 3 is 2.52 bits per heavy atom. The van der Waals surface area contributed by atoms with E-state index < -0.39 is 0 Å². The highest BCUT2D eigenvalue weighted by Gasteiger charge is 2.09. The molecule has 27 heavy (non-hydrogen) atoms. The number of oxazole rings is 1.